The average molecular weight is 458 g/mol. The zero-order valence-electron chi connectivity index (χ0n) is 17.6. The van der Waals surface area contributed by atoms with E-state index < -0.39 is 17.8 Å². The van der Waals surface area contributed by atoms with Crippen molar-refractivity contribution in [1.29, 1.82) is 0 Å². The number of carbonyl (C=O) groups is 3. The molecule has 0 unspecified atom stereocenters. The van der Waals surface area contributed by atoms with E-state index in [9.17, 15) is 14.4 Å². The normalized spacial score (nSPS) is 24.3. The van der Waals surface area contributed by atoms with Gasteiger partial charge in [0.15, 0.2) is 0 Å². The van der Waals surface area contributed by atoms with Gasteiger partial charge >= 0.3 is 5.97 Å². The summed E-state index contributed by atoms with van der Waals surface area (Å²) in [4.78, 5) is 40.7. The van der Waals surface area contributed by atoms with Gasteiger partial charge in [-0.3, -0.25) is 14.5 Å². The molecule has 7 rings (SSSR count). The lowest BCUT2D eigenvalue weighted by Gasteiger charge is -2.45. The molecule has 33 heavy (non-hydrogen) atoms. The Morgan fingerprint density at radius 2 is 1.21 bits per heavy atom. The standard InChI is InChI=1S/C27H20ClNO4/c28-20-12-6-5-11-19(20)27(32)33-14-13-29-25(30)23-21-15-7-1-2-8-16(15)22(24(23)26(29)31)18-10-4-3-9-17(18)21/h1-12,21-24H,13-14H2/t21?,22?,23-,24-/m1/s1. The van der Waals surface area contributed by atoms with Crippen molar-refractivity contribution in [2.45, 2.75) is 11.8 Å². The first-order chi connectivity index (χ1) is 16.1. The lowest BCUT2D eigenvalue weighted by molar-refractivity contribution is -0.140. The molecule has 1 heterocycles. The molecule has 0 saturated carbocycles. The van der Waals surface area contributed by atoms with Gasteiger partial charge in [0, 0.05) is 11.8 Å². The second-order valence-electron chi connectivity index (χ2n) is 8.71. The molecule has 3 aromatic rings. The first-order valence-corrected chi connectivity index (χ1v) is 11.4. The molecule has 0 aromatic heterocycles. The summed E-state index contributed by atoms with van der Waals surface area (Å²) >= 11 is 6.06. The SMILES string of the molecule is O=C(OCCN1C(=O)[C@@H]2C3c4ccccc4C(c4ccccc43)[C@H]2C1=O)c1ccccc1Cl. The largest absolute Gasteiger partial charge is 0.460 e. The summed E-state index contributed by atoms with van der Waals surface area (Å²) in [6.45, 7) is -0.0385. The molecule has 1 saturated heterocycles. The molecule has 0 N–H and O–H groups in total. The van der Waals surface area contributed by atoms with E-state index in [2.05, 4.69) is 24.3 Å². The molecular weight excluding hydrogens is 438 g/mol. The molecule has 1 fully saturated rings. The Balaban J connectivity index is 1.27. The Labute approximate surface area is 195 Å². The molecule has 0 radical (unpaired) electrons. The molecule has 1 aliphatic heterocycles. The maximum atomic E-state index is 13.5. The van der Waals surface area contributed by atoms with Crippen LogP contribution in [-0.4, -0.2) is 35.8 Å². The summed E-state index contributed by atoms with van der Waals surface area (Å²) < 4.78 is 5.34. The third-order valence-corrected chi connectivity index (χ3v) is 7.51. The van der Waals surface area contributed by atoms with E-state index in [0.29, 0.717) is 5.02 Å². The van der Waals surface area contributed by atoms with Crippen LogP contribution in [0.4, 0.5) is 0 Å². The molecule has 3 aromatic carbocycles. The van der Waals surface area contributed by atoms with Crippen LogP contribution in [0.15, 0.2) is 72.8 Å². The van der Waals surface area contributed by atoms with Crippen molar-refractivity contribution >= 4 is 29.4 Å². The number of ether oxygens (including phenoxy) is 1. The third-order valence-electron chi connectivity index (χ3n) is 7.18. The molecular formula is C27H20ClNO4. The highest BCUT2D eigenvalue weighted by Crippen LogP contribution is 2.60. The van der Waals surface area contributed by atoms with Gasteiger partial charge < -0.3 is 4.74 Å². The van der Waals surface area contributed by atoms with Crippen LogP contribution in [0, 0.1) is 11.8 Å². The van der Waals surface area contributed by atoms with Gasteiger partial charge in [-0.1, -0.05) is 72.3 Å². The molecule has 2 atom stereocenters. The van der Waals surface area contributed by atoms with E-state index in [1.807, 2.05) is 24.3 Å². The Morgan fingerprint density at radius 1 is 0.758 bits per heavy atom. The summed E-state index contributed by atoms with van der Waals surface area (Å²) in [5.41, 5.74) is 4.80. The quantitative estimate of drug-likeness (QED) is 0.430. The number of benzene rings is 3. The van der Waals surface area contributed by atoms with E-state index in [-0.39, 0.29) is 42.4 Å². The van der Waals surface area contributed by atoms with Crippen molar-refractivity contribution in [2.24, 2.45) is 11.8 Å². The fourth-order valence-electron chi connectivity index (χ4n) is 5.89. The number of hydrogen-bond acceptors (Lipinski definition) is 4. The lowest BCUT2D eigenvalue weighted by Crippen LogP contribution is -2.41. The molecule has 2 amide bonds. The van der Waals surface area contributed by atoms with Crippen molar-refractivity contribution in [2.75, 3.05) is 13.2 Å². The number of rotatable bonds is 4. The van der Waals surface area contributed by atoms with Crippen molar-refractivity contribution in [3.63, 3.8) is 0 Å². The minimum Gasteiger partial charge on any atom is -0.460 e. The molecule has 164 valence electrons. The minimum atomic E-state index is -0.572. The number of esters is 1. The first kappa shape index (κ1) is 20.2. The fraction of sp³-hybridized carbons (Fsp3) is 0.222. The fourth-order valence-corrected chi connectivity index (χ4v) is 6.11. The zero-order valence-corrected chi connectivity index (χ0v) is 18.4. The zero-order chi connectivity index (χ0) is 22.7. The van der Waals surface area contributed by atoms with Gasteiger partial charge in [-0.15, -0.1) is 0 Å². The highest BCUT2D eigenvalue weighted by molar-refractivity contribution is 6.33. The van der Waals surface area contributed by atoms with Crippen LogP contribution in [0.1, 0.15) is 44.4 Å². The highest BCUT2D eigenvalue weighted by atomic mass is 35.5. The highest BCUT2D eigenvalue weighted by Gasteiger charge is 2.61. The van der Waals surface area contributed by atoms with E-state index in [4.69, 9.17) is 16.3 Å². The van der Waals surface area contributed by atoms with Crippen LogP contribution in [0.3, 0.4) is 0 Å². The van der Waals surface area contributed by atoms with Gasteiger partial charge in [-0.2, -0.15) is 0 Å². The maximum Gasteiger partial charge on any atom is 0.339 e. The van der Waals surface area contributed by atoms with Crippen molar-refractivity contribution < 1.29 is 19.1 Å². The number of halogens is 1. The topological polar surface area (TPSA) is 63.7 Å². The predicted octanol–water partition coefficient (Wildman–Crippen LogP) is 4.39. The van der Waals surface area contributed by atoms with Crippen molar-refractivity contribution in [3.8, 4) is 0 Å². The van der Waals surface area contributed by atoms with Gasteiger partial charge in [0.1, 0.15) is 6.61 Å². The summed E-state index contributed by atoms with van der Waals surface area (Å²) in [5, 5.41) is 0.300. The molecule has 5 nitrogen and oxygen atoms in total. The van der Waals surface area contributed by atoms with Gasteiger partial charge in [0.05, 0.1) is 29.0 Å². The first-order valence-electron chi connectivity index (χ1n) is 11.0. The van der Waals surface area contributed by atoms with Gasteiger partial charge in [0.2, 0.25) is 11.8 Å². The number of imide groups is 1. The lowest BCUT2D eigenvalue weighted by atomic mass is 9.55. The average Bonchev–Trinajstić information content (AvgIpc) is 3.09. The molecule has 2 bridgehead atoms. The minimum absolute atomic E-state index is 0.0347. The van der Waals surface area contributed by atoms with Gasteiger partial charge in [-0.25, -0.2) is 4.79 Å². The summed E-state index contributed by atoms with van der Waals surface area (Å²) in [6.07, 6.45) is 0. The smallest absolute Gasteiger partial charge is 0.339 e. The van der Waals surface area contributed by atoms with Crippen LogP contribution in [0.5, 0.6) is 0 Å². The number of amides is 2. The number of hydrogen-bond donors (Lipinski definition) is 0. The summed E-state index contributed by atoms with van der Waals surface area (Å²) in [6, 6.07) is 22.9. The second kappa shape index (κ2) is 7.56. The monoisotopic (exact) mass is 457 g/mol. The Kier molecular flexibility index (Phi) is 4.63. The van der Waals surface area contributed by atoms with Crippen LogP contribution in [-0.2, 0) is 14.3 Å². The van der Waals surface area contributed by atoms with Gasteiger partial charge in [0.25, 0.3) is 0 Å². The third kappa shape index (κ3) is 2.89. The van der Waals surface area contributed by atoms with Crippen LogP contribution in [0.25, 0.3) is 0 Å². The second-order valence-corrected chi connectivity index (χ2v) is 9.12. The number of carbonyl (C=O) groups excluding carboxylic acids is 3. The number of nitrogens with zero attached hydrogens (tertiary/aromatic N) is 1. The Bertz CT molecular complexity index is 1200. The summed E-state index contributed by atoms with van der Waals surface area (Å²) in [7, 11) is 0. The van der Waals surface area contributed by atoms with E-state index in [0.717, 1.165) is 22.3 Å². The van der Waals surface area contributed by atoms with Crippen LogP contribution < -0.4 is 0 Å². The van der Waals surface area contributed by atoms with Gasteiger partial charge in [-0.05, 0) is 34.4 Å². The van der Waals surface area contributed by atoms with E-state index >= 15 is 0 Å². The molecule has 0 spiro atoms. The molecule has 3 aliphatic carbocycles. The molecule has 4 aliphatic rings. The van der Waals surface area contributed by atoms with Crippen LogP contribution in [0.2, 0.25) is 5.02 Å². The predicted molar refractivity (Wildman–Crippen MR) is 122 cm³/mol. The Hall–Kier alpha value is -3.44. The number of likely N-dealkylation sites (tertiary alicyclic amines) is 1. The van der Waals surface area contributed by atoms with E-state index in [1.54, 1.807) is 24.3 Å². The van der Waals surface area contributed by atoms with Crippen molar-refractivity contribution in [3.05, 3.63) is 106 Å². The maximum absolute atomic E-state index is 13.5. The molecule has 6 heteroatoms. The van der Waals surface area contributed by atoms with Crippen molar-refractivity contribution in [1.82, 2.24) is 4.90 Å². The van der Waals surface area contributed by atoms with E-state index in [1.165, 1.54) is 4.90 Å². The van der Waals surface area contributed by atoms with Crippen LogP contribution >= 0.6 is 11.6 Å². The Morgan fingerprint density at radius 3 is 1.70 bits per heavy atom. The summed E-state index contributed by atoms with van der Waals surface area (Å²) in [5.74, 6) is -2.07.